The SMILES string of the molecule is CCC[C@H]1CCC[C@H](NC(=O)C(CC(=O)NO)Cc2ccccc2)C(=O)N1[C@@H](C)C(=O)O. The first-order valence-corrected chi connectivity index (χ1v) is 11.1. The molecule has 1 unspecified atom stereocenters. The fourth-order valence-corrected chi connectivity index (χ4v) is 4.27. The predicted octanol–water partition coefficient (Wildman–Crippen LogP) is 1.88. The number of hydrogen-bond acceptors (Lipinski definition) is 5. The van der Waals surface area contributed by atoms with Gasteiger partial charge in [-0.25, -0.2) is 10.3 Å². The summed E-state index contributed by atoms with van der Waals surface area (Å²) in [4.78, 5) is 51.2. The van der Waals surface area contributed by atoms with Crippen LogP contribution in [0.1, 0.15) is 57.9 Å². The summed E-state index contributed by atoms with van der Waals surface area (Å²) in [6.07, 6.45) is 3.26. The Labute approximate surface area is 188 Å². The van der Waals surface area contributed by atoms with Gasteiger partial charge in [-0.3, -0.25) is 19.6 Å². The van der Waals surface area contributed by atoms with Crippen LogP contribution in [0, 0.1) is 5.92 Å². The lowest BCUT2D eigenvalue weighted by Gasteiger charge is -2.35. The minimum atomic E-state index is -1.09. The molecule has 4 N–H and O–H groups in total. The van der Waals surface area contributed by atoms with Crippen molar-refractivity contribution in [3.05, 3.63) is 35.9 Å². The first kappa shape index (κ1) is 25.3. The Hall–Kier alpha value is -2.94. The van der Waals surface area contributed by atoms with Crippen LogP contribution in [0.2, 0.25) is 0 Å². The van der Waals surface area contributed by atoms with Crippen LogP contribution in [0.4, 0.5) is 0 Å². The fourth-order valence-electron chi connectivity index (χ4n) is 4.27. The van der Waals surface area contributed by atoms with Crippen LogP contribution in [-0.2, 0) is 25.6 Å². The highest BCUT2D eigenvalue weighted by molar-refractivity contribution is 5.92. The van der Waals surface area contributed by atoms with E-state index in [-0.39, 0.29) is 18.9 Å². The van der Waals surface area contributed by atoms with Crippen molar-refractivity contribution in [3.63, 3.8) is 0 Å². The zero-order chi connectivity index (χ0) is 23.7. The van der Waals surface area contributed by atoms with E-state index in [1.54, 1.807) is 5.48 Å². The summed E-state index contributed by atoms with van der Waals surface area (Å²) in [5, 5.41) is 21.2. The average Bonchev–Trinajstić information content (AvgIpc) is 2.92. The Bertz CT molecular complexity index is 800. The van der Waals surface area contributed by atoms with Crippen molar-refractivity contribution >= 4 is 23.7 Å². The smallest absolute Gasteiger partial charge is 0.326 e. The number of likely N-dealkylation sites (tertiary alicyclic amines) is 1. The van der Waals surface area contributed by atoms with Crippen LogP contribution in [0.5, 0.6) is 0 Å². The van der Waals surface area contributed by atoms with E-state index in [1.165, 1.54) is 11.8 Å². The molecule has 0 spiro atoms. The Balaban J connectivity index is 2.21. The van der Waals surface area contributed by atoms with E-state index in [2.05, 4.69) is 5.32 Å². The number of hydroxylamine groups is 1. The summed E-state index contributed by atoms with van der Waals surface area (Å²) in [7, 11) is 0. The molecule has 1 aromatic rings. The standard InChI is InChI=1S/C23H33N3O6/c1-3-8-18-11-7-12-19(22(29)26(18)15(2)23(30)31)24-21(28)17(14-20(27)25-32)13-16-9-5-4-6-10-16/h4-6,9-10,15,17-19,32H,3,7-8,11-14H2,1-2H3,(H,24,28)(H,25,27)(H,30,31)/t15-,17?,18-,19-/m0/s1. The number of carbonyl (C=O) groups excluding carboxylic acids is 3. The molecular weight excluding hydrogens is 414 g/mol. The Morgan fingerprint density at radius 2 is 1.88 bits per heavy atom. The molecule has 2 rings (SSSR count). The quantitative estimate of drug-likeness (QED) is 0.319. The molecule has 0 aromatic heterocycles. The van der Waals surface area contributed by atoms with Gasteiger partial charge in [0.05, 0.1) is 5.92 Å². The van der Waals surface area contributed by atoms with E-state index in [9.17, 15) is 24.3 Å². The molecular formula is C23H33N3O6. The number of hydrogen-bond donors (Lipinski definition) is 4. The maximum Gasteiger partial charge on any atom is 0.326 e. The number of nitrogens with zero attached hydrogens (tertiary/aromatic N) is 1. The third-order valence-electron chi connectivity index (χ3n) is 5.94. The van der Waals surface area contributed by atoms with Crippen LogP contribution < -0.4 is 10.8 Å². The Kier molecular flexibility index (Phi) is 9.64. The maximum absolute atomic E-state index is 13.3. The fraction of sp³-hybridized carbons (Fsp3) is 0.565. The summed E-state index contributed by atoms with van der Waals surface area (Å²) >= 11 is 0. The molecule has 32 heavy (non-hydrogen) atoms. The third-order valence-corrected chi connectivity index (χ3v) is 5.94. The summed E-state index contributed by atoms with van der Waals surface area (Å²) < 4.78 is 0. The maximum atomic E-state index is 13.3. The second-order valence-corrected chi connectivity index (χ2v) is 8.32. The van der Waals surface area contributed by atoms with Gasteiger partial charge in [0, 0.05) is 12.5 Å². The molecule has 176 valence electrons. The molecule has 1 aliphatic rings. The average molecular weight is 448 g/mol. The molecule has 1 aromatic carbocycles. The first-order valence-electron chi connectivity index (χ1n) is 11.1. The molecule has 0 radical (unpaired) electrons. The van der Waals surface area contributed by atoms with Crippen LogP contribution in [-0.4, -0.2) is 57.0 Å². The summed E-state index contributed by atoms with van der Waals surface area (Å²) in [6, 6.07) is 7.10. The third kappa shape index (κ3) is 6.78. The minimum absolute atomic E-state index is 0.194. The summed E-state index contributed by atoms with van der Waals surface area (Å²) in [5.41, 5.74) is 2.40. The summed E-state index contributed by atoms with van der Waals surface area (Å²) in [6.45, 7) is 3.47. The number of benzene rings is 1. The van der Waals surface area contributed by atoms with Gasteiger partial charge in [-0.05, 0) is 44.6 Å². The number of nitrogens with one attached hydrogen (secondary N) is 2. The molecule has 0 aliphatic carbocycles. The molecule has 4 atom stereocenters. The van der Waals surface area contributed by atoms with E-state index in [1.807, 2.05) is 37.3 Å². The van der Waals surface area contributed by atoms with E-state index in [0.717, 1.165) is 12.0 Å². The topological polar surface area (TPSA) is 136 Å². The van der Waals surface area contributed by atoms with Crippen LogP contribution in [0.3, 0.4) is 0 Å². The van der Waals surface area contributed by atoms with Crippen molar-refractivity contribution in [2.75, 3.05) is 0 Å². The second-order valence-electron chi connectivity index (χ2n) is 8.32. The monoisotopic (exact) mass is 447 g/mol. The van der Waals surface area contributed by atoms with Gasteiger partial charge in [-0.1, -0.05) is 43.7 Å². The van der Waals surface area contributed by atoms with Crippen molar-refractivity contribution in [1.82, 2.24) is 15.7 Å². The molecule has 9 heteroatoms. The lowest BCUT2D eigenvalue weighted by Crippen LogP contribution is -2.56. The number of aliphatic carboxylic acids is 1. The van der Waals surface area contributed by atoms with Gasteiger partial charge in [0.15, 0.2) is 0 Å². The molecule has 0 bridgehead atoms. The lowest BCUT2D eigenvalue weighted by molar-refractivity contribution is -0.152. The second kappa shape index (κ2) is 12.2. The highest BCUT2D eigenvalue weighted by Gasteiger charge is 2.39. The van der Waals surface area contributed by atoms with Crippen molar-refractivity contribution in [2.45, 2.75) is 76.9 Å². The van der Waals surface area contributed by atoms with Gasteiger partial charge in [-0.15, -0.1) is 0 Å². The number of carboxylic acid groups (broad SMARTS) is 1. The van der Waals surface area contributed by atoms with E-state index < -0.39 is 41.7 Å². The van der Waals surface area contributed by atoms with Gasteiger partial charge < -0.3 is 15.3 Å². The Morgan fingerprint density at radius 3 is 2.47 bits per heavy atom. The van der Waals surface area contributed by atoms with E-state index in [0.29, 0.717) is 25.7 Å². The van der Waals surface area contributed by atoms with Gasteiger partial charge in [0.2, 0.25) is 17.7 Å². The molecule has 1 saturated heterocycles. The molecule has 3 amide bonds. The number of carboxylic acids is 1. The molecule has 9 nitrogen and oxygen atoms in total. The summed E-state index contributed by atoms with van der Waals surface area (Å²) in [5.74, 6) is -3.47. The number of rotatable bonds is 10. The van der Waals surface area contributed by atoms with Crippen molar-refractivity contribution in [1.29, 1.82) is 0 Å². The zero-order valence-electron chi connectivity index (χ0n) is 18.6. The van der Waals surface area contributed by atoms with E-state index in [4.69, 9.17) is 5.21 Å². The van der Waals surface area contributed by atoms with Crippen LogP contribution >= 0.6 is 0 Å². The van der Waals surface area contributed by atoms with Crippen LogP contribution in [0.15, 0.2) is 30.3 Å². The van der Waals surface area contributed by atoms with Gasteiger partial charge in [0.25, 0.3) is 0 Å². The lowest BCUT2D eigenvalue weighted by atomic mass is 9.94. The molecule has 0 saturated carbocycles. The number of amides is 3. The minimum Gasteiger partial charge on any atom is -0.480 e. The van der Waals surface area contributed by atoms with Crippen LogP contribution in [0.25, 0.3) is 0 Å². The van der Waals surface area contributed by atoms with Crippen molar-refractivity contribution in [2.24, 2.45) is 5.92 Å². The highest BCUT2D eigenvalue weighted by Crippen LogP contribution is 2.25. The van der Waals surface area contributed by atoms with E-state index >= 15 is 0 Å². The predicted molar refractivity (Wildman–Crippen MR) is 117 cm³/mol. The van der Waals surface area contributed by atoms with Crippen molar-refractivity contribution < 1.29 is 29.5 Å². The molecule has 1 fully saturated rings. The molecule has 1 heterocycles. The molecule has 1 aliphatic heterocycles. The highest BCUT2D eigenvalue weighted by atomic mass is 16.5. The first-order chi connectivity index (χ1) is 15.3. The zero-order valence-corrected chi connectivity index (χ0v) is 18.6. The largest absolute Gasteiger partial charge is 0.480 e. The normalized spacial score (nSPS) is 20.7. The number of carbonyl (C=O) groups is 4. The van der Waals surface area contributed by atoms with Gasteiger partial charge in [0.1, 0.15) is 12.1 Å². The Morgan fingerprint density at radius 1 is 1.19 bits per heavy atom. The van der Waals surface area contributed by atoms with Crippen molar-refractivity contribution in [3.8, 4) is 0 Å². The van der Waals surface area contributed by atoms with Gasteiger partial charge in [-0.2, -0.15) is 0 Å². The van der Waals surface area contributed by atoms with Gasteiger partial charge >= 0.3 is 5.97 Å².